The van der Waals surface area contributed by atoms with Crippen LogP contribution in [0.5, 0.6) is 0 Å². The van der Waals surface area contributed by atoms with Crippen molar-refractivity contribution in [3.8, 4) is 0 Å². The van der Waals surface area contributed by atoms with E-state index >= 15 is 0 Å². The Morgan fingerprint density at radius 2 is 2.27 bits per heavy atom. The Balaban J connectivity index is 2.48. The SMILES string of the molecule is CN1CC(F)(F)CCC1CN. The number of hydrogen-bond acceptors (Lipinski definition) is 2. The lowest BCUT2D eigenvalue weighted by Gasteiger charge is -2.36. The summed E-state index contributed by atoms with van der Waals surface area (Å²) in [6, 6.07) is 0.148. The Morgan fingerprint density at radius 3 is 2.73 bits per heavy atom. The van der Waals surface area contributed by atoms with Gasteiger partial charge < -0.3 is 5.73 Å². The first-order valence-corrected chi connectivity index (χ1v) is 3.83. The Kier molecular flexibility index (Phi) is 2.44. The molecular formula is C7H14F2N2. The average Bonchev–Trinajstić information content (AvgIpc) is 1.86. The Bertz CT molecular complexity index is 138. The molecule has 1 saturated heterocycles. The van der Waals surface area contributed by atoms with E-state index in [1.54, 1.807) is 11.9 Å². The zero-order chi connectivity index (χ0) is 8.48. The summed E-state index contributed by atoms with van der Waals surface area (Å²) in [5, 5.41) is 0. The Morgan fingerprint density at radius 1 is 1.64 bits per heavy atom. The zero-order valence-electron chi connectivity index (χ0n) is 6.69. The fourth-order valence-electron chi connectivity index (χ4n) is 1.47. The van der Waals surface area contributed by atoms with Crippen molar-refractivity contribution in [2.75, 3.05) is 20.1 Å². The summed E-state index contributed by atoms with van der Waals surface area (Å²) in [4.78, 5) is 1.64. The highest BCUT2D eigenvalue weighted by Crippen LogP contribution is 2.28. The lowest BCUT2D eigenvalue weighted by molar-refractivity contribution is -0.0731. The monoisotopic (exact) mass is 164 g/mol. The third-order valence-electron chi connectivity index (χ3n) is 2.22. The van der Waals surface area contributed by atoms with E-state index in [1.807, 2.05) is 0 Å². The molecule has 0 aliphatic carbocycles. The summed E-state index contributed by atoms with van der Waals surface area (Å²) in [6.45, 7) is 0.335. The van der Waals surface area contributed by atoms with Crippen LogP contribution in [0.15, 0.2) is 0 Å². The van der Waals surface area contributed by atoms with Crippen molar-refractivity contribution >= 4 is 0 Å². The number of hydrogen-bond donors (Lipinski definition) is 1. The highest BCUT2D eigenvalue weighted by molar-refractivity contribution is 4.84. The standard InChI is InChI=1S/C7H14F2N2/c1-11-5-7(8,9)3-2-6(11)4-10/h6H,2-5,10H2,1H3. The molecule has 1 aliphatic heterocycles. The maximum absolute atomic E-state index is 12.7. The van der Waals surface area contributed by atoms with Crippen LogP contribution in [0.1, 0.15) is 12.8 Å². The molecule has 1 rings (SSSR count). The molecule has 0 amide bonds. The molecule has 1 unspecified atom stereocenters. The van der Waals surface area contributed by atoms with Gasteiger partial charge in [-0.05, 0) is 13.5 Å². The van der Waals surface area contributed by atoms with Crippen molar-refractivity contribution in [2.45, 2.75) is 24.8 Å². The molecule has 0 spiro atoms. The van der Waals surface area contributed by atoms with Gasteiger partial charge >= 0.3 is 0 Å². The van der Waals surface area contributed by atoms with E-state index in [4.69, 9.17) is 5.73 Å². The lowest BCUT2D eigenvalue weighted by atomic mass is 10.0. The molecule has 1 atom stereocenters. The summed E-state index contributed by atoms with van der Waals surface area (Å²) in [5.41, 5.74) is 5.40. The predicted octanol–water partition coefficient (Wildman–Crippen LogP) is 0.675. The number of rotatable bonds is 1. The smallest absolute Gasteiger partial charge is 0.260 e. The predicted molar refractivity (Wildman–Crippen MR) is 39.7 cm³/mol. The van der Waals surface area contributed by atoms with Crippen molar-refractivity contribution in [3.05, 3.63) is 0 Å². The van der Waals surface area contributed by atoms with E-state index in [9.17, 15) is 8.78 Å². The van der Waals surface area contributed by atoms with Crippen LogP contribution < -0.4 is 5.73 Å². The number of likely N-dealkylation sites (N-methyl/N-ethyl adjacent to an activating group) is 1. The topological polar surface area (TPSA) is 29.3 Å². The number of alkyl halides is 2. The third kappa shape index (κ3) is 2.10. The number of likely N-dealkylation sites (tertiary alicyclic amines) is 1. The van der Waals surface area contributed by atoms with Crippen molar-refractivity contribution < 1.29 is 8.78 Å². The summed E-state index contributed by atoms with van der Waals surface area (Å²) < 4.78 is 25.4. The van der Waals surface area contributed by atoms with Gasteiger partial charge in [0.05, 0.1) is 6.54 Å². The van der Waals surface area contributed by atoms with Gasteiger partial charge in [-0.3, -0.25) is 4.90 Å². The molecule has 1 fully saturated rings. The highest BCUT2D eigenvalue weighted by atomic mass is 19.3. The fourth-order valence-corrected chi connectivity index (χ4v) is 1.47. The number of halogens is 2. The van der Waals surface area contributed by atoms with Crippen LogP contribution in [0.2, 0.25) is 0 Å². The van der Waals surface area contributed by atoms with Crippen LogP contribution in [0, 0.1) is 0 Å². The van der Waals surface area contributed by atoms with Crippen LogP contribution in [-0.4, -0.2) is 37.0 Å². The van der Waals surface area contributed by atoms with Crippen LogP contribution in [0.3, 0.4) is 0 Å². The van der Waals surface area contributed by atoms with Crippen LogP contribution in [0.25, 0.3) is 0 Å². The number of nitrogens with two attached hydrogens (primary N) is 1. The molecule has 1 heterocycles. The first-order chi connectivity index (χ1) is 5.05. The van der Waals surface area contributed by atoms with Gasteiger partial charge in [-0.25, -0.2) is 8.78 Å². The molecule has 0 radical (unpaired) electrons. The minimum atomic E-state index is -2.50. The number of piperidine rings is 1. The Labute approximate surface area is 65.4 Å². The molecule has 0 aromatic carbocycles. The van der Waals surface area contributed by atoms with E-state index in [1.165, 1.54) is 0 Å². The molecule has 11 heavy (non-hydrogen) atoms. The first-order valence-electron chi connectivity index (χ1n) is 3.83. The van der Waals surface area contributed by atoms with E-state index < -0.39 is 5.92 Å². The summed E-state index contributed by atoms with van der Waals surface area (Å²) >= 11 is 0. The van der Waals surface area contributed by atoms with Crippen LogP contribution >= 0.6 is 0 Å². The second kappa shape index (κ2) is 3.03. The maximum Gasteiger partial charge on any atom is 0.260 e. The first kappa shape index (κ1) is 8.87. The van der Waals surface area contributed by atoms with E-state index in [0.717, 1.165) is 0 Å². The van der Waals surface area contributed by atoms with E-state index in [-0.39, 0.29) is 19.0 Å². The van der Waals surface area contributed by atoms with Gasteiger partial charge in [0.2, 0.25) is 0 Å². The summed E-state index contributed by atoms with van der Waals surface area (Å²) in [7, 11) is 1.70. The average molecular weight is 164 g/mol. The second-order valence-electron chi connectivity index (χ2n) is 3.20. The fraction of sp³-hybridized carbons (Fsp3) is 1.00. The largest absolute Gasteiger partial charge is 0.329 e. The molecule has 0 saturated carbocycles. The van der Waals surface area contributed by atoms with Gasteiger partial charge in [0.1, 0.15) is 0 Å². The van der Waals surface area contributed by atoms with Gasteiger partial charge in [-0.15, -0.1) is 0 Å². The maximum atomic E-state index is 12.7. The normalized spacial score (nSPS) is 32.2. The van der Waals surface area contributed by atoms with Crippen LogP contribution in [-0.2, 0) is 0 Å². The molecule has 2 nitrogen and oxygen atoms in total. The third-order valence-corrected chi connectivity index (χ3v) is 2.22. The Hall–Kier alpha value is -0.220. The van der Waals surface area contributed by atoms with Crippen molar-refractivity contribution in [2.24, 2.45) is 5.73 Å². The summed E-state index contributed by atoms with van der Waals surface area (Å²) in [6.07, 6.45) is 0.499. The molecule has 4 heteroatoms. The van der Waals surface area contributed by atoms with E-state index in [2.05, 4.69) is 0 Å². The van der Waals surface area contributed by atoms with Gasteiger partial charge in [-0.1, -0.05) is 0 Å². The minimum absolute atomic E-state index is 0.0147. The van der Waals surface area contributed by atoms with Gasteiger partial charge in [0, 0.05) is 19.0 Å². The molecular weight excluding hydrogens is 150 g/mol. The molecule has 0 bridgehead atoms. The molecule has 2 N–H and O–H groups in total. The number of nitrogens with zero attached hydrogens (tertiary/aromatic N) is 1. The molecule has 66 valence electrons. The van der Waals surface area contributed by atoms with Gasteiger partial charge in [-0.2, -0.15) is 0 Å². The highest BCUT2D eigenvalue weighted by Gasteiger charge is 2.37. The quantitative estimate of drug-likeness (QED) is 0.617. The zero-order valence-corrected chi connectivity index (χ0v) is 6.69. The van der Waals surface area contributed by atoms with Gasteiger partial charge in [0.15, 0.2) is 0 Å². The van der Waals surface area contributed by atoms with E-state index in [0.29, 0.717) is 13.0 Å². The lowest BCUT2D eigenvalue weighted by Crippen LogP contribution is -2.49. The van der Waals surface area contributed by atoms with Crippen molar-refractivity contribution in [1.29, 1.82) is 0 Å². The van der Waals surface area contributed by atoms with Crippen molar-refractivity contribution in [3.63, 3.8) is 0 Å². The molecule has 0 aromatic heterocycles. The summed E-state index contributed by atoms with van der Waals surface area (Å²) in [5.74, 6) is -2.50. The minimum Gasteiger partial charge on any atom is -0.329 e. The van der Waals surface area contributed by atoms with Gasteiger partial charge in [0.25, 0.3) is 5.92 Å². The van der Waals surface area contributed by atoms with Crippen molar-refractivity contribution in [1.82, 2.24) is 4.90 Å². The molecule has 1 aliphatic rings. The van der Waals surface area contributed by atoms with Crippen LogP contribution in [0.4, 0.5) is 8.78 Å². The second-order valence-corrected chi connectivity index (χ2v) is 3.20. The molecule has 0 aromatic rings.